The summed E-state index contributed by atoms with van der Waals surface area (Å²) in [4.78, 5) is 26.6. The number of hydrogen-bond donors (Lipinski definition) is 1. The molecule has 0 unspecified atom stereocenters. The van der Waals surface area contributed by atoms with Gasteiger partial charge in [0, 0.05) is 19.2 Å². The quantitative estimate of drug-likeness (QED) is 0.517. The largest absolute Gasteiger partial charge is 0.507 e. The van der Waals surface area contributed by atoms with Crippen LogP contribution in [0.15, 0.2) is 66.2 Å². The Balaban J connectivity index is 2.14. The highest BCUT2D eigenvalue weighted by molar-refractivity contribution is 6.46. The van der Waals surface area contributed by atoms with E-state index in [1.807, 2.05) is 36.4 Å². The SMILES string of the molecule is COCCN1C(=O)C(=O)/C(=C(/O)c2ccccc2)[C@@H]1c1ccccc1. The summed E-state index contributed by atoms with van der Waals surface area (Å²) in [5.74, 6) is -1.46. The number of methoxy groups -OCH3 is 1. The minimum atomic E-state index is -0.675. The fraction of sp³-hybridized carbons (Fsp3) is 0.200. The van der Waals surface area contributed by atoms with Crippen LogP contribution in [0.1, 0.15) is 17.2 Å². The van der Waals surface area contributed by atoms with Gasteiger partial charge in [0.25, 0.3) is 11.7 Å². The number of rotatable bonds is 5. The number of nitrogens with zero attached hydrogens (tertiary/aromatic N) is 1. The maximum atomic E-state index is 12.6. The molecule has 0 aromatic heterocycles. The van der Waals surface area contributed by atoms with Crippen LogP contribution in [0.2, 0.25) is 0 Å². The lowest BCUT2D eigenvalue weighted by Crippen LogP contribution is -2.32. The van der Waals surface area contributed by atoms with Crippen LogP contribution in [-0.2, 0) is 14.3 Å². The molecule has 0 bridgehead atoms. The van der Waals surface area contributed by atoms with Gasteiger partial charge in [-0.1, -0.05) is 60.7 Å². The normalized spacial score (nSPS) is 19.4. The van der Waals surface area contributed by atoms with Gasteiger partial charge in [0.1, 0.15) is 5.76 Å². The smallest absolute Gasteiger partial charge is 0.295 e. The minimum absolute atomic E-state index is 0.110. The highest BCUT2D eigenvalue weighted by Crippen LogP contribution is 2.38. The molecule has 0 aliphatic carbocycles. The molecule has 2 aromatic carbocycles. The van der Waals surface area contributed by atoms with E-state index < -0.39 is 17.7 Å². The van der Waals surface area contributed by atoms with Gasteiger partial charge in [-0.05, 0) is 5.56 Å². The summed E-state index contributed by atoms with van der Waals surface area (Å²) >= 11 is 0. The first kappa shape index (κ1) is 16.9. The van der Waals surface area contributed by atoms with Crippen LogP contribution in [0.5, 0.6) is 0 Å². The average molecular weight is 337 g/mol. The van der Waals surface area contributed by atoms with E-state index in [2.05, 4.69) is 0 Å². The first-order chi connectivity index (χ1) is 12.1. The molecular weight excluding hydrogens is 318 g/mol. The molecular formula is C20H19NO4. The Morgan fingerprint density at radius 3 is 2.24 bits per heavy atom. The number of ether oxygens (including phenoxy) is 1. The van der Waals surface area contributed by atoms with Gasteiger partial charge in [-0.3, -0.25) is 9.59 Å². The highest BCUT2D eigenvalue weighted by atomic mass is 16.5. The predicted molar refractivity (Wildman–Crippen MR) is 93.8 cm³/mol. The van der Waals surface area contributed by atoms with Gasteiger partial charge in [-0.25, -0.2) is 0 Å². The van der Waals surface area contributed by atoms with E-state index in [9.17, 15) is 14.7 Å². The molecule has 1 amide bonds. The summed E-state index contributed by atoms with van der Waals surface area (Å²) in [5, 5.41) is 10.7. The predicted octanol–water partition coefficient (Wildman–Crippen LogP) is 2.75. The molecule has 5 heteroatoms. The van der Waals surface area contributed by atoms with Crippen LogP contribution in [0, 0.1) is 0 Å². The van der Waals surface area contributed by atoms with Crippen molar-refractivity contribution in [1.29, 1.82) is 0 Å². The fourth-order valence-electron chi connectivity index (χ4n) is 3.03. The molecule has 1 heterocycles. The number of Topliss-reactive ketones (excluding diaryl/α,β-unsaturated/α-hetero) is 1. The van der Waals surface area contributed by atoms with Gasteiger partial charge >= 0.3 is 0 Å². The van der Waals surface area contributed by atoms with E-state index in [0.717, 1.165) is 5.56 Å². The maximum absolute atomic E-state index is 12.6. The van der Waals surface area contributed by atoms with Gasteiger partial charge in [-0.2, -0.15) is 0 Å². The van der Waals surface area contributed by atoms with E-state index in [1.54, 1.807) is 24.3 Å². The number of aliphatic hydroxyl groups excluding tert-OH is 1. The zero-order valence-corrected chi connectivity index (χ0v) is 13.9. The van der Waals surface area contributed by atoms with E-state index in [1.165, 1.54) is 12.0 Å². The number of benzene rings is 2. The molecule has 1 saturated heterocycles. The van der Waals surface area contributed by atoms with Gasteiger partial charge < -0.3 is 14.7 Å². The molecule has 1 atom stereocenters. The first-order valence-electron chi connectivity index (χ1n) is 8.03. The zero-order valence-electron chi connectivity index (χ0n) is 13.9. The van der Waals surface area contributed by atoms with Gasteiger partial charge in [0.2, 0.25) is 0 Å². The molecule has 2 aromatic rings. The number of carbonyl (C=O) groups excluding carboxylic acids is 2. The molecule has 1 aliphatic heterocycles. The van der Waals surface area contributed by atoms with Crippen LogP contribution >= 0.6 is 0 Å². The third-order valence-corrected chi connectivity index (χ3v) is 4.24. The summed E-state index contributed by atoms with van der Waals surface area (Å²) < 4.78 is 5.07. The average Bonchev–Trinajstić information content (AvgIpc) is 2.91. The number of aliphatic hydroxyl groups is 1. The standard InChI is InChI=1S/C20H19NO4/c1-25-13-12-21-17(14-8-4-2-5-9-14)16(19(23)20(21)24)18(22)15-10-6-3-7-11-15/h2-11,17,22H,12-13H2,1H3/b18-16+/t17-/m0/s1. The minimum Gasteiger partial charge on any atom is -0.507 e. The Bertz CT molecular complexity index is 799. The second kappa shape index (κ2) is 7.32. The van der Waals surface area contributed by atoms with Crippen molar-refractivity contribution in [2.24, 2.45) is 0 Å². The van der Waals surface area contributed by atoms with Crippen LogP contribution in [0.4, 0.5) is 0 Å². The topological polar surface area (TPSA) is 66.8 Å². The molecule has 0 radical (unpaired) electrons. The maximum Gasteiger partial charge on any atom is 0.295 e. The van der Waals surface area contributed by atoms with Crippen molar-refractivity contribution >= 4 is 17.4 Å². The van der Waals surface area contributed by atoms with Gasteiger partial charge in [0.15, 0.2) is 0 Å². The second-order valence-corrected chi connectivity index (χ2v) is 5.76. The van der Waals surface area contributed by atoms with Crippen molar-refractivity contribution in [3.63, 3.8) is 0 Å². The summed E-state index contributed by atoms with van der Waals surface area (Å²) in [6.45, 7) is 0.577. The van der Waals surface area contributed by atoms with Crippen LogP contribution in [-0.4, -0.2) is 42.0 Å². The van der Waals surface area contributed by atoms with Crippen molar-refractivity contribution in [3.05, 3.63) is 77.4 Å². The summed E-state index contributed by atoms with van der Waals surface area (Å²) in [6.07, 6.45) is 0. The Labute approximate surface area is 146 Å². The molecule has 0 spiro atoms. The Morgan fingerprint density at radius 2 is 1.64 bits per heavy atom. The molecule has 1 fully saturated rings. The Morgan fingerprint density at radius 1 is 1.04 bits per heavy atom. The zero-order chi connectivity index (χ0) is 17.8. The van der Waals surface area contributed by atoms with E-state index in [4.69, 9.17) is 4.74 Å². The molecule has 128 valence electrons. The van der Waals surface area contributed by atoms with Crippen molar-refractivity contribution in [1.82, 2.24) is 4.90 Å². The van der Waals surface area contributed by atoms with E-state index >= 15 is 0 Å². The molecule has 3 rings (SSSR count). The number of likely N-dealkylation sites (tertiary alicyclic amines) is 1. The third-order valence-electron chi connectivity index (χ3n) is 4.24. The van der Waals surface area contributed by atoms with Gasteiger partial charge in [-0.15, -0.1) is 0 Å². The van der Waals surface area contributed by atoms with Crippen LogP contribution in [0.25, 0.3) is 5.76 Å². The lowest BCUT2D eigenvalue weighted by molar-refractivity contribution is -0.140. The van der Waals surface area contributed by atoms with Crippen molar-refractivity contribution < 1.29 is 19.4 Å². The number of ketones is 1. The fourth-order valence-corrected chi connectivity index (χ4v) is 3.03. The van der Waals surface area contributed by atoms with Gasteiger partial charge in [0.05, 0.1) is 18.2 Å². The molecule has 0 saturated carbocycles. The number of amides is 1. The summed E-state index contributed by atoms with van der Waals surface area (Å²) in [6, 6.07) is 17.4. The van der Waals surface area contributed by atoms with Crippen molar-refractivity contribution in [3.8, 4) is 0 Å². The van der Waals surface area contributed by atoms with Crippen LogP contribution < -0.4 is 0 Å². The second-order valence-electron chi connectivity index (χ2n) is 5.76. The third kappa shape index (κ3) is 3.19. The lowest BCUT2D eigenvalue weighted by Gasteiger charge is -2.25. The molecule has 5 nitrogen and oxygen atoms in total. The van der Waals surface area contributed by atoms with Crippen molar-refractivity contribution in [2.75, 3.05) is 20.3 Å². The van der Waals surface area contributed by atoms with E-state index in [-0.39, 0.29) is 17.9 Å². The Kier molecular flexibility index (Phi) is 4.95. The lowest BCUT2D eigenvalue weighted by atomic mass is 9.95. The highest BCUT2D eigenvalue weighted by Gasteiger charge is 2.45. The van der Waals surface area contributed by atoms with E-state index in [0.29, 0.717) is 12.2 Å². The molecule has 25 heavy (non-hydrogen) atoms. The van der Waals surface area contributed by atoms with Crippen molar-refractivity contribution in [2.45, 2.75) is 6.04 Å². The summed E-state index contributed by atoms with van der Waals surface area (Å²) in [5.41, 5.74) is 1.39. The molecule has 1 aliphatic rings. The number of hydrogen-bond acceptors (Lipinski definition) is 4. The molecule has 1 N–H and O–H groups in total. The summed E-state index contributed by atoms with van der Waals surface area (Å²) in [7, 11) is 1.54. The number of carbonyl (C=O) groups is 2. The monoisotopic (exact) mass is 337 g/mol. The first-order valence-corrected chi connectivity index (χ1v) is 8.03. The Hall–Kier alpha value is -2.92. The van der Waals surface area contributed by atoms with Crippen LogP contribution in [0.3, 0.4) is 0 Å².